The van der Waals surface area contributed by atoms with Crippen molar-refractivity contribution < 1.29 is 4.74 Å². The second-order valence-corrected chi connectivity index (χ2v) is 8.12. The number of guanidine groups is 1. The maximum atomic E-state index is 6.01. The van der Waals surface area contributed by atoms with Crippen molar-refractivity contribution in [2.24, 2.45) is 16.3 Å². The van der Waals surface area contributed by atoms with Crippen LogP contribution in [0.2, 0.25) is 0 Å². The number of likely N-dealkylation sites (tertiary alicyclic amines) is 1. The third-order valence-electron chi connectivity index (χ3n) is 6.16. The van der Waals surface area contributed by atoms with Gasteiger partial charge in [0.15, 0.2) is 5.96 Å². The van der Waals surface area contributed by atoms with E-state index in [1.54, 1.807) is 0 Å². The van der Waals surface area contributed by atoms with E-state index in [0.717, 1.165) is 45.0 Å². The minimum absolute atomic E-state index is 0.177. The third-order valence-corrected chi connectivity index (χ3v) is 6.16. The van der Waals surface area contributed by atoms with Gasteiger partial charge in [0.2, 0.25) is 0 Å². The topological polar surface area (TPSA) is 48.9 Å². The second-order valence-electron chi connectivity index (χ2n) is 8.12. The van der Waals surface area contributed by atoms with E-state index < -0.39 is 0 Å². The zero-order chi connectivity index (χ0) is 17.2. The molecule has 3 atom stereocenters. The fourth-order valence-corrected chi connectivity index (χ4v) is 4.77. The maximum absolute atomic E-state index is 6.01. The van der Waals surface area contributed by atoms with Crippen LogP contribution in [0.4, 0.5) is 0 Å². The van der Waals surface area contributed by atoms with Crippen molar-refractivity contribution in [2.75, 3.05) is 33.3 Å². The van der Waals surface area contributed by atoms with Crippen molar-refractivity contribution in [1.29, 1.82) is 0 Å². The largest absolute Gasteiger partial charge is 0.377 e. The van der Waals surface area contributed by atoms with E-state index in [1.165, 1.54) is 12.8 Å². The van der Waals surface area contributed by atoms with Crippen molar-refractivity contribution in [2.45, 2.75) is 57.7 Å². The van der Waals surface area contributed by atoms with Gasteiger partial charge in [0.25, 0.3) is 0 Å². The molecule has 0 spiro atoms. The summed E-state index contributed by atoms with van der Waals surface area (Å²) in [7, 11) is 1.88. The van der Waals surface area contributed by atoms with Crippen LogP contribution in [0.15, 0.2) is 17.6 Å². The van der Waals surface area contributed by atoms with Gasteiger partial charge in [0.05, 0.1) is 6.10 Å². The molecule has 0 aromatic carbocycles. The predicted molar refractivity (Wildman–Crippen MR) is 99.3 cm³/mol. The minimum Gasteiger partial charge on any atom is -0.377 e. The van der Waals surface area contributed by atoms with Gasteiger partial charge >= 0.3 is 0 Å². The van der Waals surface area contributed by atoms with Crippen LogP contribution in [-0.4, -0.2) is 62.3 Å². The highest BCUT2D eigenvalue weighted by molar-refractivity contribution is 5.80. The van der Waals surface area contributed by atoms with Crippen LogP contribution in [0.3, 0.4) is 0 Å². The van der Waals surface area contributed by atoms with Crippen LogP contribution >= 0.6 is 0 Å². The average Bonchev–Trinajstić information content (AvgIpc) is 2.60. The molecule has 2 saturated heterocycles. The molecule has 3 aliphatic rings. The Kier molecular flexibility index (Phi) is 5.50. The molecule has 0 amide bonds. The lowest BCUT2D eigenvalue weighted by molar-refractivity contribution is -0.188. The molecule has 2 heterocycles. The molecule has 2 N–H and O–H groups in total. The summed E-state index contributed by atoms with van der Waals surface area (Å²) in [6, 6.07) is 0.966. The summed E-state index contributed by atoms with van der Waals surface area (Å²) in [6.45, 7) is 12.7. The fraction of sp³-hybridized carbons (Fsp3) is 0.842. The van der Waals surface area contributed by atoms with Crippen LogP contribution in [0, 0.1) is 11.3 Å². The highest BCUT2D eigenvalue weighted by Gasteiger charge is 2.58. The van der Waals surface area contributed by atoms with E-state index in [2.05, 4.69) is 41.0 Å². The van der Waals surface area contributed by atoms with E-state index in [0.29, 0.717) is 24.1 Å². The molecule has 0 radical (unpaired) electrons. The number of nitrogens with one attached hydrogen (secondary N) is 2. The average molecular weight is 335 g/mol. The fourth-order valence-electron chi connectivity index (χ4n) is 4.77. The Balaban J connectivity index is 1.51. The smallest absolute Gasteiger partial charge is 0.191 e. The maximum Gasteiger partial charge on any atom is 0.191 e. The monoisotopic (exact) mass is 334 g/mol. The molecule has 3 unspecified atom stereocenters. The van der Waals surface area contributed by atoms with Crippen LogP contribution < -0.4 is 10.6 Å². The van der Waals surface area contributed by atoms with Gasteiger partial charge in [-0.1, -0.05) is 19.9 Å². The lowest BCUT2D eigenvalue weighted by atomic mass is 9.55. The van der Waals surface area contributed by atoms with Crippen molar-refractivity contribution in [3.8, 4) is 0 Å². The predicted octanol–water partition coefficient (Wildman–Crippen LogP) is 2.01. The first kappa shape index (κ1) is 17.7. The van der Waals surface area contributed by atoms with Crippen molar-refractivity contribution in [3.63, 3.8) is 0 Å². The summed E-state index contributed by atoms with van der Waals surface area (Å²) in [5, 5.41) is 7.35. The molecular formula is C19H34N4O. The molecule has 24 heavy (non-hydrogen) atoms. The second kappa shape index (κ2) is 7.44. The molecule has 136 valence electrons. The Labute approximate surface area is 146 Å². The van der Waals surface area contributed by atoms with E-state index in [1.807, 2.05) is 13.1 Å². The molecule has 3 rings (SSSR count). The van der Waals surface area contributed by atoms with E-state index in [-0.39, 0.29) is 5.41 Å². The Hall–Kier alpha value is -1.07. The summed E-state index contributed by atoms with van der Waals surface area (Å²) in [6.07, 6.45) is 7.18. The van der Waals surface area contributed by atoms with E-state index >= 15 is 0 Å². The number of fused-ring (bicyclic) bond motifs is 1. The molecule has 0 aromatic rings. The number of rotatable bonds is 4. The Morgan fingerprint density at radius 3 is 2.71 bits per heavy atom. The molecule has 0 bridgehead atoms. The lowest BCUT2D eigenvalue weighted by Gasteiger charge is -2.60. The van der Waals surface area contributed by atoms with Crippen molar-refractivity contribution >= 4 is 5.96 Å². The van der Waals surface area contributed by atoms with Gasteiger partial charge in [-0.25, -0.2) is 0 Å². The number of hydrogen-bond acceptors (Lipinski definition) is 3. The first-order valence-corrected chi connectivity index (χ1v) is 9.51. The minimum atomic E-state index is 0.177. The van der Waals surface area contributed by atoms with E-state index in [9.17, 15) is 0 Å². The summed E-state index contributed by atoms with van der Waals surface area (Å²) < 4.78 is 6.01. The summed E-state index contributed by atoms with van der Waals surface area (Å²) in [5.41, 5.74) is 0.177. The molecule has 5 heteroatoms. The Bertz CT molecular complexity index is 468. The Morgan fingerprint density at radius 1 is 1.29 bits per heavy atom. The zero-order valence-corrected chi connectivity index (χ0v) is 15.6. The molecule has 5 nitrogen and oxygen atoms in total. The van der Waals surface area contributed by atoms with Gasteiger partial charge in [-0.2, -0.15) is 0 Å². The van der Waals surface area contributed by atoms with Crippen molar-refractivity contribution in [1.82, 2.24) is 15.5 Å². The Morgan fingerprint density at radius 2 is 2.04 bits per heavy atom. The SMILES string of the molecule is C=CCN1CCC(NC(=NC)NC2C3CCCOC3C2(C)C)CC1. The van der Waals surface area contributed by atoms with Crippen molar-refractivity contribution in [3.05, 3.63) is 12.7 Å². The van der Waals surface area contributed by atoms with Gasteiger partial charge in [-0.15, -0.1) is 6.58 Å². The number of aliphatic imine (C=N–C) groups is 1. The van der Waals surface area contributed by atoms with Gasteiger partial charge < -0.3 is 15.4 Å². The van der Waals surface area contributed by atoms with Gasteiger partial charge in [-0.05, 0) is 25.7 Å². The summed E-state index contributed by atoms with van der Waals surface area (Å²) in [5.74, 6) is 1.58. The highest BCUT2D eigenvalue weighted by Crippen LogP contribution is 2.51. The summed E-state index contributed by atoms with van der Waals surface area (Å²) >= 11 is 0. The van der Waals surface area contributed by atoms with Gasteiger partial charge in [0, 0.05) is 56.7 Å². The normalized spacial score (nSPS) is 34.1. The lowest BCUT2D eigenvalue weighted by Crippen LogP contribution is -2.71. The number of ether oxygens (including phenoxy) is 1. The third kappa shape index (κ3) is 3.47. The molecule has 1 aliphatic carbocycles. The van der Waals surface area contributed by atoms with Gasteiger partial charge in [0.1, 0.15) is 0 Å². The molecule has 1 saturated carbocycles. The summed E-state index contributed by atoms with van der Waals surface area (Å²) in [4.78, 5) is 6.95. The van der Waals surface area contributed by atoms with Crippen LogP contribution in [0.5, 0.6) is 0 Å². The molecule has 3 fully saturated rings. The first-order chi connectivity index (χ1) is 11.6. The zero-order valence-electron chi connectivity index (χ0n) is 15.6. The first-order valence-electron chi connectivity index (χ1n) is 9.51. The van der Waals surface area contributed by atoms with Crippen LogP contribution in [0.25, 0.3) is 0 Å². The number of piperidine rings is 1. The quantitative estimate of drug-likeness (QED) is 0.469. The number of hydrogen-bond donors (Lipinski definition) is 2. The molecular weight excluding hydrogens is 300 g/mol. The van der Waals surface area contributed by atoms with E-state index in [4.69, 9.17) is 4.74 Å². The van der Waals surface area contributed by atoms with Crippen LogP contribution in [0.1, 0.15) is 39.5 Å². The number of nitrogens with zero attached hydrogens (tertiary/aromatic N) is 2. The molecule has 0 aromatic heterocycles. The highest BCUT2D eigenvalue weighted by atomic mass is 16.5. The van der Waals surface area contributed by atoms with Gasteiger partial charge in [-0.3, -0.25) is 9.89 Å². The molecule has 2 aliphatic heterocycles. The van der Waals surface area contributed by atoms with Crippen LogP contribution in [-0.2, 0) is 4.74 Å². The standard InChI is InChI=1S/C19H34N4O/c1-5-10-23-11-8-14(9-12-23)21-18(20-4)22-16-15-7-6-13-24-17(15)19(16,2)3/h5,14-17H,1,6-13H2,2-4H3,(H2,20,21,22).